The molecule has 0 aromatic rings. The van der Waals surface area contributed by atoms with Gasteiger partial charge < -0.3 is 5.32 Å². The fraction of sp³-hybridized carbons (Fsp3) is 0.929. The topological polar surface area (TPSA) is 29.1 Å². The van der Waals surface area contributed by atoms with Crippen LogP contribution in [0.25, 0.3) is 0 Å². The van der Waals surface area contributed by atoms with Crippen LogP contribution in [-0.2, 0) is 4.79 Å². The first-order valence-electron chi connectivity index (χ1n) is 7.10. The van der Waals surface area contributed by atoms with Gasteiger partial charge in [-0.15, -0.1) is 0 Å². The molecule has 3 unspecified atom stereocenters. The summed E-state index contributed by atoms with van der Waals surface area (Å²) in [6.45, 7) is 3.19. The Hall–Kier alpha value is -0.530. The Bertz CT molecular complexity index is 239. The Balaban J connectivity index is 2.04. The molecule has 2 nitrogen and oxygen atoms in total. The van der Waals surface area contributed by atoms with E-state index in [1.165, 1.54) is 44.9 Å². The summed E-state index contributed by atoms with van der Waals surface area (Å²) in [7, 11) is 0. The van der Waals surface area contributed by atoms with Crippen LogP contribution >= 0.6 is 0 Å². The minimum atomic E-state index is 0.327. The number of rotatable bonds is 2. The minimum absolute atomic E-state index is 0.327. The largest absolute Gasteiger partial charge is 0.356 e. The number of nitrogens with one attached hydrogen (secondary N) is 1. The third-order valence-corrected chi connectivity index (χ3v) is 4.59. The molecule has 1 aliphatic carbocycles. The first-order valence-corrected chi connectivity index (χ1v) is 7.10. The van der Waals surface area contributed by atoms with Gasteiger partial charge in [-0.3, -0.25) is 4.79 Å². The molecule has 0 aromatic heterocycles. The molecule has 1 saturated heterocycles. The van der Waals surface area contributed by atoms with Crippen LogP contribution in [0.5, 0.6) is 0 Å². The van der Waals surface area contributed by atoms with E-state index in [9.17, 15) is 4.79 Å². The van der Waals surface area contributed by atoms with Gasteiger partial charge in [-0.05, 0) is 31.1 Å². The lowest BCUT2D eigenvalue weighted by molar-refractivity contribution is -0.127. The van der Waals surface area contributed by atoms with Crippen LogP contribution in [0.1, 0.15) is 58.3 Å². The van der Waals surface area contributed by atoms with E-state index in [0.29, 0.717) is 17.7 Å². The molecule has 2 aliphatic rings. The Morgan fingerprint density at radius 3 is 2.69 bits per heavy atom. The second-order valence-corrected chi connectivity index (χ2v) is 5.51. The summed E-state index contributed by atoms with van der Waals surface area (Å²) in [5.74, 6) is 2.16. The van der Waals surface area contributed by atoms with Gasteiger partial charge >= 0.3 is 0 Å². The lowest BCUT2D eigenvalue weighted by atomic mass is 9.70. The molecule has 1 saturated carbocycles. The zero-order chi connectivity index (χ0) is 11.4. The molecular weight excluding hydrogens is 198 g/mol. The van der Waals surface area contributed by atoms with E-state index in [-0.39, 0.29) is 0 Å². The highest BCUT2D eigenvalue weighted by atomic mass is 16.1. The molecule has 0 spiro atoms. The Kier molecular flexibility index (Phi) is 4.25. The summed E-state index contributed by atoms with van der Waals surface area (Å²) < 4.78 is 0. The summed E-state index contributed by atoms with van der Waals surface area (Å²) >= 11 is 0. The number of hydrogen-bond acceptors (Lipinski definition) is 1. The summed E-state index contributed by atoms with van der Waals surface area (Å²) in [6.07, 6.45) is 10.2. The number of hydrogen-bond donors (Lipinski definition) is 1. The highest BCUT2D eigenvalue weighted by Crippen LogP contribution is 2.39. The van der Waals surface area contributed by atoms with Crippen molar-refractivity contribution in [2.45, 2.75) is 58.3 Å². The second-order valence-electron chi connectivity index (χ2n) is 5.51. The quantitative estimate of drug-likeness (QED) is 0.765. The maximum atomic E-state index is 12.1. The molecule has 1 N–H and O–H groups in total. The van der Waals surface area contributed by atoms with E-state index in [2.05, 4.69) is 12.2 Å². The average molecular weight is 223 g/mol. The summed E-state index contributed by atoms with van der Waals surface area (Å²) in [5, 5.41) is 3.10. The van der Waals surface area contributed by atoms with Crippen molar-refractivity contribution in [3.05, 3.63) is 0 Å². The fourth-order valence-electron chi connectivity index (χ4n) is 3.64. The SMILES string of the molecule is CCC1CCCCC1C1CCCCNC1=O. The molecule has 2 heteroatoms. The van der Waals surface area contributed by atoms with E-state index in [4.69, 9.17) is 0 Å². The third-order valence-electron chi connectivity index (χ3n) is 4.59. The van der Waals surface area contributed by atoms with Gasteiger partial charge in [0.2, 0.25) is 5.91 Å². The van der Waals surface area contributed by atoms with Gasteiger partial charge in [0.1, 0.15) is 0 Å². The van der Waals surface area contributed by atoms with Gasteiger partial charge in [0.05, 0.1) is 0 Å². The molecule has 1 aliphatic heterocycles. The smallest absolute Gasteiger partial charge is 0.223 e. The molecule has 0 radical (unpaired) electrons. The van der Waals surface area contributed by atoms with Crippen LogP contribution in [0.15, 0.2) is 0 Å². The van der Waals surface area contributed by atoms with E-state index < -0.39 is 0 Å². The molecule has 0 aromatic carbocycles. The highest BCUT2D eigenvalue weighted by Gasteiger charge is 2.35. The van der Waals surface area contributed by atoms with Gasteiger partial charge in [-0.2, -0.15) is 0 Å². The first-order chi connectivity index (χ1) is 7.83. The highest BCUT2D eigenvalue weighted by molar-refractivity contribution is 5.79. The molecule has 1 heterocycles. The average Bonchev–Trinajstić information content (AvgIpc) is 2.54. The fourth-order valence-corrected chi connectivity index (χ4v) is 3.64. The van der Waals surface area contributed by atoms with Crippen molar-refractivity contribution < 1.29 is 4.79 Å². The van der Waals surface area contributed by atoms with Gasteiger partial charge in [0.15, 0.2) is 0 Å². The van der Waals surface area contributed by atoms with E-state index in [1.54, 1.807) is 0 Å². The van der Waals surface area contributed by atoms with Gasteiger partial charge in [0, 0.05) is 12.5 Å². The van der Waals surface area contributed by atoms with Gasteiger partial charge in [-0.1, -0.05) is 39.0 Å². The second kappa shape index (κ2) is 5.70. The molecule has 2 rings (SSSR count). The van der Waals surface area contributed by atoms with Crippen LogP contribution in [0.2, 0.25) is 0 Å². The molecular formula is C14H25NO. The maximum Gasteiger partial charge on any atom is 0.223 e. The van der Waals surface area contributed by atoms with E-state index in [0.717, 1.165) is 18.9 Å². The van der Waals surface area contributed by atoms with E-state index >= 15 is 0 Å². The zero-order valence-electron chi connectivity index (χ0n) is 10.5. The van der Waals surface area contributed by atoms with Crippen molar-refractivity contribution in [1.29, 1.82) is 0 Å². The molecule has 3 atom stereocenters. The van der Waals surface area contributed by atoms with Crippen LogP contribution in [-0.4, -0.2) is 12.5 Å². The number of amides is 1. The maximum absolute atomic E-state index is 12.1. The van der Waals surface area contributed by atoms with Crippen molar-refractivity contribution in [3.63, 3.8) is 0 Å². The molecule has 16 heavy (non-hydrogen) atoms. The number of carbonyl (C=O) groups is 1. The number of carbonyl (C=O) groups excluding carboxylic acids is 1. The predicted octanol–water partition coefficient (Wildman–Crippen LogP) is 3.12. The van der Waals surface area contributed by atoms with E-state index in [1.807, 2.05) is 0 Å². The van der Waals surface area contributed by atoms with Crippen molar-refractivity contribution in [2.75, 3.05) is 6.54 Å². The van der Waals surface area contributed by atoms with Crippen LogP contribution in [0, 0.1) is 17.8 Å². The Morgan fingerprint density at radius 1 is 1.12 bits per heavy atom. The Morgan fingerprint density at radius 2 is 1.88 bits per heavy atom. The first kappa shape index (κ1) is 11.9. The molecule has 0 bridgehead atoms. The normalized spacial score (nSPS) is 36.6. The molecule has 2 fully saturated rings. The summed E-state index contributed by atoms with van der Waals surface area (Å²) in [6, 6.07) is 0. The monoisotopic (exact) mass is 223 g/mol. The summed E-state index contributed by atoms with van der Waals surface area (Å²) in [4.78, 5) is 12.1. The van der Waals surface area contributed by atoms with Crippen molar-refractivity contribution >= 4 is 5.91 Å². The molecule has 1 amide bonds. The Labute approximate surface area is 99.2 Å². The third kappa shape index (κ3) is 2.58. The van der Waals surface area contributed by atoms with Crippen LogP contribution in [0.4, 0.5) is 0 Å². The van der Waals surface area contributed by atoms with Crippen molar-refractivity contribution in [2.24, 2.45) is 17.8 Å². The summed E-state index contributed by atoms with van der Waals surface area (Å²) in [5.41, 5.74) is 0. The lowest BCUT2D eigenvalue weighted by Crippen LogP contribution is -2.37. The lowest BCUT2D eigenvalue weighted by Gasteiger charge is -2.35. The van der Waals surface area contributed by atoms with Crippen LogP contribution < -0.4 is 5.32 Å². The van der Waals surface area contributed by atoms with Crippen molar-refractivity contribution in [1.82, 2.24) is 5.32 Å². The minimum Gasteiger partial charge on any atom is -0.356 e. The molecule has 92 valence electrons. The van der Waals surface area contributed by atoms with Gasteiger partial charge in [0.25, 0.3) is 0 Å². The standard InChI is InChI=1S/C14H25NO/c1-2-11-7-3-4-8-12(11)13-9-5-6-10-15-14(13)16/h11-13H,2-10H2,1H3,(H,15,16). The van der Waals surface area contributed by atoms with Crippen LogP contribution in [0.3, 0.4) is 0 Å². The predicted molar refractivity (Wildman–Crippen MR) is 66.1 cm³/mol. The van der Waals surface area contributed by atoms with Gasteiger partial charge in [-0.25, -0.2) is 0 Å². The van der Waals surface area contributed by atoms with Crippen molar-refractivity contribution in [3.8, 4) is 0 Å². The zero-order valence-corrected chi connectivity index (χ0v) is 10.5.